The highest BCUT2D eigenvalue weighted by atomic mass is 35.5. The van der Waals surface area contributed by atoms with Crippen molar-refractivity contribution < 1.29 is 15.0 Å². The molecule has 5 nitrogen and oxygen atoms in total. The molecule has 0 aliphatic carbocycles. The van der Waals surface area contributed by atoms with Gasteiger partial charge in [-0.05, 0) is 19.4 Å². The molecule has 1 aliphatic rings. The molecule has 0 aromatic carbocycles. The van der Waals surface area contributed by atoms with E-state index in [0.29, 0.717) is 23.7 Å². The van der Waals surface area contributed by atoms with Gasteiger partial charge in [-0.15, -0.1) is 0 Å². The number of hydrogen-bond acceptors (Lipinski definition) is 3. The van der Waals surface area contributed by atoms with Crippen molar-refractivity contribution in [2.75, 3.05) is 13.1 Å². The van der Waals surface area contributed by atoms with Crippen LogP contribution in [0.25, 0.3) is 0 Å². The van der Waals surface area contributed by atoms with Gasteiger partial charge in [0.1, 0.15) is 5.69 Å². The van der Waals surface area contributed by atoms with Gasteiger partial charge in [-0.3, -0.25) is 4.79 Å². The van der Waals surface area contributed by atoms with Gasteiger partial charge in [-0.25, -0.2) is 0 Å². The lowest BCUT2D eigenvalue weighted by molar-refractivity contribution is -0.1000. The number of likely N-dealkylation sites (tertiary alicyclic amines) is 1. The topological polar surface area (TPSA) is 65.7 Å². The number of amides is 1. The fourth-order valence-corrected chi connectivity index (χ4v) is 2.36. The fraction of sp³-hybridized carbons (Fsp3) is 0.583. The normalized spacial score (nSPS) is 28.5. The lowest BCUT2D eigenvalue weighted by Gasteiger charge is -2.39. The van der Waals surface area contributed by atoms with E-state index in [9.17, 15) is 15.0 Å². The number of carbonyl (C=O) groups is 1. The van der Waals surface area contributed by atoms with Crippen molar-refractivity contribution in [2.45, 2.75) is 25.0 Å². The van der Waals surface area contributed by atoms with Crippen LogP contribution in [0.1, 0.15) is 23.8 Å². The maximum Gasteiger partial charge on any atom is 0.270 e. The molecule has 18 heavy (non-hydrogen) atoms. The summed E-state index contributed by atoms with van der Waals surface area (Å²) in [4.78, 5) is 13.8. The van der Waals surface area contributed by atoms with E-state index in [0.717, 1.165) is 0 Å². The zero-order chi connectivity index (χ0) is 13.5. The quantitative estimate of drug-likeness (QED) is 0.788. The Kier molecular flexibility index (Phi) is 3.40. The van der Waals surface area contributed by atoms with Crippen LogP contribution in [0.15, 0.2) is 12.3 Å². The summed E-state index contributed by atoms with van der Waals surface area (Å²) in [5, 5.41) is 20.2. The van der Waals surface area contributed by atoms with Crippen LogP contribution >= 0.6 is 11.6 Å². The SMILES string of the molecule is Cn1cc(Cl)cc1C(=O)N1CC[C@@](C)(O)[C@H](O)C1. The molecule has 6 heteroatoms. The number of nitrogens with zero attached hydrogens (tertiary/aromatic N) is 2. The number of β-amino-alcohol motifs (C(OH)–C–C–N with tert-alkyl or cyclic N) is 1. The fourth-order valence-electron chi connectivity index (χ4n) is 2.11. The van der Waals surface area contributed by atoms with Crippen molar-refractivity contribution >= 4 is 17.5 Å². The molecule has 2 rings (SSSR count). The van der Waals surface area contributed by atoms with E-state index in [1.54, 1.807) is 30.8 Å². The van der Waals surface area contributed by atoms with Gasteiger partial charge in [-0.1, -0.05) is 11.6 Å². The van der Waals surface area contributed by atoms with Crippen LogP contribution in [0.2, 0.25) is 5.02 Å². The molecule has 2 atom stereocenters. The standard InChI is InChI=1S/C12H17ClN2O3/c1-12(18)3-4-15(7-10(12)16)11(17)9-5-8(13)6-14(9)2/h5-6,10,16,18H,3-4,7H2,1-2H3/t10-,12-/m1/s1. The Morgan fingerprint density at radius 1 is 1.61 bits per heavy atom. The van der Waals surface area contributed by atoms with E-state index in [1.165, 1.54) is 4.90 Å². The predicted molar refractivity (Wildman–Crippen MR) is 67.6 cm³/mol. The first kappa shape index (κ1) is 13.4. The first-order chi connectivity index (χ1) is 8.31. The van der Waals surface area contributed by atoms with Gasteiger partial charge in [0.25, 0.3) is 5.91 Å². The van der Waals surface area contributed by atoms with E-state index in [1.807, 2.05) is 0 Å². The molecule has 100 valence electrons. The molecule has 0 bridgehead atoms. The molecule has 1 aliphatic heterocycles. The monoisotopic (exact) mass is 272 g/mol. The molecule has 0 unspecified atom stereocenters. The van der Waals surface area contributed by atoms with Crippen LogP contribution in [-0.4, -0.2) is 50.4 Å². The zero-order valence-corrected chi connectivity index (χ0v) is 11.2. The Bertz CT molecular complexity index is 470. The van der Waals surface area contributed by atoms with E-state index < -0.39 is 11.7 Å². The first-order valence-electron chi connectivity index (χ1n) is 5.83. The van der Waals surface area contributed by atoms with Gasteiger partial charge in [0.2, 0.25) is 0 Å². The molecule has 1 fully saturated rings. The van der Waals surface area contributed by atoms with Crippen molar-refractivity contribution in [2.24, 2.45) is 7.05 Å². The van der Waals surface area contributed by atoms with E-state index in [2.05, 4.69) is 0 Å². The third-order valence-corrected chi connectivity index (χ3v) is 3.68. The second-order valence-electron chi connectivity index (χ2n) is 5.03. The Balaban J connectivity index is 2.14. The van der Waals surface area contributed by atoms with Gasteiger partial charge < -0.3 is 19.7 Å². The molecule has 1 saturated heterocycles. The van der Waals surface area contributed by atoms with Crippen LogP contribution in [0.3, 0.4) is 0 Å². The predicted octanol–water partition coefficient (Wildman–Crippen LogP) is 0.636. The third-order valence-electron chi connectivity index (χ3n) is 3.48. The molecule has 0 saturated carbocycles. The highest BCUT2D eigenvalue weighted by molar-refractivity contribution is 6.31. The second-order valence-corrected chi connectivity index (χ2v) is 5.47. The average Bonchev–Trinajstić information content (AvgIpc) is 2.61. The summed E-state index contributed by atoms with van der Waals surface area (Å²) in [6, 6.07) is 1.60. The van der Waals surface area contributed by atoms with Gasteiger partial charge >= 0.3 is 0 Å². The number of aliphatic hydroxyl groups is 2. The van der Waals surface area contributed by atoms with Crippen molar-refractivity contribution in [3.63, 3.8) is 0 Å². The lowest BCUT2D eigenvalue weighted by Crippen LogP contribution is -2.55. The highest BCUT2D eigenvalue weighted by Gasteiger charge is 2.38. The lowest BCUT2D eigenvalue weighted by atomic mass is 9.90. The minimum atomic E-state index is -1.12. The van der Waals surface area contributed by atoms with Crippen LogP contribution in [0, 0.1) is 0 Å². The van der Waals surface area contributed by atoms with E-state index in [4.69, 9.17) is 11.6 Å². The van der Waals surface area contributed by atoms with Crippen molar-refractivity contribution in [1.82, 2.24) is 9.47 Å². The van der Waals surface area contributed by atoms with Crippen molar-refractivity contribution in [3.05, 3.63) is 23.0 Å². The summed E-state index contributed by atoms with van der Waals surface area (Å²) in [7, 11) is 1.75. The first-order valence-corrected chi connectivity index (χ1v) is 6.20. The molecule has 1 aromatic heterocycles. The number of aromatic nitrogens is 1. The Morgan fingerprint density at radius 2 is 2.28 bits per heavy atom. The Labute approximate surface area is 111 Å². The third kappa shape index (κ3) is 2.39. The summed E-state index contributed by atoms with van der Waals surface area (Å²) < 4.78 is 1.66. The summed E-state index contributed by atoms with van der Waals surface area (Å²) in [6.45, 7) is 2.14. The Morgan fingerprint density at radius 3 is 2.78 bits per heavy atom. The summed E-state index contributed by atoms with van der Waals surface area (Å²) in [5.74, 6) is -0.182. The number of rotatable bonds is 1. The average molecular weight is 273 g/mol. The maximum atomic E-state index is 12.2. The number of hydrogen-bond donors (Lipinski definition) is 2. The summed E-state index contributed by atoms with van der Waals surface area (Å²) >= 11 is 5.84. The van der Waals surface area contributed by atoms with Gasteiger partial charge in [0.05, 0.1) is 16.7 Å². The largest absolute Gasteiger partial charge is 0.388 e. The number of carbonyl (C=O) groups excluding carboxylic acids is 1. The number of aliphatic hydroxyl groups excluding tert-OH is 1. The Hall–Kier alpha value is -1.04. The molecule has 1 amide bonds. The molecule has 2 N–H and O–H groups in total. The molecular formula is C12H17ClN2O3. The number of halogens is 1. The summed E-state index contributed by atoms with van der Waals surface area (Å²) in [5.41, 5.74) is -0.642. The summed E-state index contributed by atoms with van der Waals surface area (Å²) in [6.07, 6.45) is 1.09. The number of piperidine rings is 1. The smallest absolute Gasteiger partial charge is 0.270 e. The van der Waals surface area contributed by atoms with Crippen LogP contribution < -0.4 is 0 Å². The molecular weight excluding hydrogens is 256 g/mol. The van der Waals surface area contributed by atoms with Crippen molar-refractivity contribution in [3.8, 4) is 0 Å². The highest BCUT2D eigenvalue weighted by Crippen LogP contribution is 2.24. The minimum absolute atomic E-state index is 0.134. The zero-order valence-electron chi connectivity index (χ0n) is 10.4. The van der Waals surface area contributed by atoms with Crippen LogP contribution in [0.5, 0.6) is 0 Å². The van der Waals surface area contributed by atoms with E-state index >= 15 is 0 Å². The molecule has 0 radical (unpaired) electrons. The van der Waals surface area contributed by atoms with Gasteiger partial charge in [0, 0.05) is 26.3 Å². The van der Waals surface area contributed by atoms with Crippen molar-refractivity contribution in [1.29, 1.82) is 0 Å². The molecule has 0 spiro atoms. The number of aryl methyl sites for hydroxylation is 1. The maximum absolute atomic E-state index is 12.2. The van der Waals surface area contributed by atoms with Gasteiger partial charge in [-0.2, -0.15) is 0 Å². The van der Waals surface area contributed by atoms with Gasteiger partial charge in [0.15, 0.2) is 0 Å². The van der Waals surface area contributed by atoms with Crippen LogP contribution in [-0.2, 0) is 7.05 Å². The van der Waals surface area contributed by atoms with Crippen LogP contribution in [0.4, 0.5) is 0 Å². The second kappa shape index (κ2) is 4.57. The molecule has 1 aromatic rings. The minimum Gasteiger partial charge on any atom is -0.388 e. The van der Waals surface area contributed by atoms with E-state index in [-0.39, 0.29) is 12.5 Å². The molecule has 2 heterocycles.